The molecule has 0 spiro atoms. The third-order valence-electron chi connectivity index (χ3n) is 6.06. The monoisotopic (exact) mass is 507 g/mol. The van der Waals surface area contributed by atoms with Crippen LogP contribution < -0.4 is 4.90 Å². The molecule has 0 radical (unpaired) electrons. The minimum atomic E-state index is -0.731. The lowest BCUT2D eigenvalue weighted by molar-refractivity contribution is 0.0218. The van der Waals surface area contributed by atoms with Crippen LogP contribution in [0.2, 0.25) is 0 Å². The number of nitrogens with zero attached hydrogens (tertiary/aromatic N) is 7. The maximum absolute atomic E-state index is 14.8. The lowest BCUT2D eigenvalue weighted by Gasteiger charge is -2.40. The van der Waals surface area contributed by atoms with E-state index in [1.807, 2.05) is 39.8 Å². The molecular weight excluding hydrogens is 480 g/mol. The largest absolute Gasteiger partial charge is 0.444 e. The molecule has 1 fully saturated rings. The first-order valence-electron chi connectivity index (χ1n) is 12.0. The number of rotatable bonds is 3. The first-order chi connectivity index (χ1) is 17.6. The highest BCUT2D eigenvalue weighted by Gasteiger charge is 2.31. The molecule has 0 saturated carbocycles. The molecular formula is C26H27F2N7O2. The van der Waals surface area contributed by atoms with E-state index < -0.39 is 17.2 Å². The van der Waals surface area contributed by atoms with Crippen LogP contribution in [0.5, 0.6) is 0 Å². The molecule has 1 amide bonds. The van der Waals surface area contributed by atoms with Gasteiger partial charge in [-0.3, -0.25) is 4.57 Å². The minimum absolute atomic E-state index is 0.0285. The highest BCUT2D eigenvalue weighted by atomic mass is 19.1. The van der Waals surface area contributed by atoms with Crippen molar-refractivity contribution in [3.8, 4) is 17.1 Å². The Balaban J connectivity index is 1.53. The fraction of sp³-hybridized carbons (Fsp3) is 0.346. The van der Waals surface area contributed by atoms with Gasteiger partial charge in [-0.05, 0) is 58.0 Å². The SMILES string of the molecule is C[C@@H]1CN(C(=O)OC(C)(C)C)CCN1c1ccc2nc(-c3ccc(F)cc3F)n(-c3ccnnc3)c2n1. The van der Waals surface area contributed by atoms with Gasteiger partial charge >= 0.3 is 6.09 Å². The van der Waals surface area contributed by atoms with Crippen molar-refractivity contribution in [2.75, 3.05) is 24.5 Å². The lowest BCUT2D eigenvalue weighted by Crippen LogP contribution is -2.54. The summed E-state index contributed by atoms with van der Waals surface area (Å²) in [4.78, 5) is 25.9. The van der Waals surface area contributed by atoms with E-state index in [1.54, 1.807) is 15.5 Å². The summed E-state index contributed by atoms with van der Waals surface area (Å²) in [6.07, 6.45) is 2.72. The van der Waals surface area contributed by atoms with Gasteiger partial charge in [0.15, 0.2) is 5.65 Å². The maximum atomic E-state index is 14.8. The van der Waals surface area contributed by atoms with Crippen LogP contribution in [0.4, 0.5) is 19.4 Å². The quantitative estimate of drug-likeness (QED) is 0.400. The van der Waals surface area contributed by atoms with Crippen molar-refractivity contribution in [2.24, 2.45) is 0 Å². The molecule has 0 aliphatic carbocycles. The van der Waals surface area contributed by atoms with E-state index in [4.69, 9.17) is 9.72 Å². The first-order valence-corrected chi connectivity index (χ1v) is 12.0. The fourth-order valence-corrected chi connectivity index (χ4v) is 4.41. The van der Waals surface area contributed by atoms with Crippen LogP contribution in [0.1, 0.15) is 27.7 Å². The van der Waals surface area contributed by atoms with Crippen molar-refractivity contribution in [3.63, 3.8) is 0 Å². The molecule has 1 atom stereocenters. The molecule has 37 heavy (non-hydrogen) atoms. The second-order valence-corrected chi connectivity index (χ2v) is 9.98. The molecule has 9 nitrogen and oxygen atoms in total. The predicted octanol–water partition coefficient (Wildman–Crippen LogP) is 4.60. The van der Waals surface area contributed by atoms with Gasteiger partial charge in [0.1, 0.15) is 34.4 Å². The van der Waals surface area contributed by atoms with Crippen molar-refractivity contribution < 1.29 is 18.3 Å². The number of ether oxygens (including phenoxy) is 1. The van der Waals surface area contributed by atoms with Crippen LogP contribution in [0.3, 0.4) is 0 Å². The number of amides is 1. The van der Waals surface area contributed by atoms with Crippen LogP contribution in [-0.2, 0) is 4.74 Å². The summed E-state index contributed by atoms with van der Waals surface area (Å²) in [7, 11) is 0. The Morgan fingerprint density at radius 1 is 1.05 bits per heavy atom. The maximum Gasteiger partial charge on any atom is 0.410 e. The smallest absolute Gasteiger partial charge is 0.410 e. The second kappa shape index (κ2) is 9.38. The fourth-order valence-electron chi connectivity index (χ4n) is 4.41. The van der Waals surface area contributed by atoms with Gasteiger partial charge in [-0.25, -0.2) is 23.5 Å². The first kappa shape index (κ1) is 24.5. The number of carbonyl (C=O) groups excluding carboxylic acids is 1. The van der Waals surface area contributed by atoms with Crippen molar-refractivity contribution in [1.82, 2.24) is 29.6 Å². The number of anilines is 1. The zero-order valence-electron chi connectivity index (χ0n) is 21.0. The number of carbonyl (C=O) groups is 1. The number of hydrogen-bond donors (Lipinski definition) is 0. The number of aromatic nitrogens is 5. The van der Waals surface area contributed by atoms with E-state index in [-0.39, 0.29) is 23.5 Å². The van der Waals surface area contributed by atoms with Crippen LogP contribution in [-0.4, -0.2) is 67.0 Å². The van der Waals surface area contributed by atoms with Crippen molar-refractivity contribution in [2.45, 2.75) is 39.3 Å². The Morgan fingerprint density at radius 2 is 1.86 bits per heavy atom. The Morgan fingerprint density at radius 3 is 2.54 bits per heavy atom. The molecule has 0 N–H and O–H groups in total. The summed E-state index contributed by atoms with van der Waals surface area (Å²) in [5.41, 5.74) is 1.19. The van der Waals surface area contributed by atoms with Gasteiger partial charge in [0.25, 0.3) is 0 Å². The molecule has 4 aromatic rings. The number of benzene rings is 1. The highest BCUT2D eigenvalue weighted by molar-refractivity contribution is 5.81. The molecule has 1 aromatic carbocycles. The van der Waals surface area contributed by atoms with Gasteiger partial charge in [0.2, 0.25) is 0 Å². The van der Waals surface area contributed by atoms with Gasteiger partial charge in [-0.1, -0.05) is 0 Å². The average Bonchev–Trinajstić information content (AvgIpc) is 3.21. The second-order valence-electron chi connectivity index (χ2n) is 9.98. The molecule has 0 bridgehead atoms. The molecule has 0 unspecified atom stereocenters. The number of fused-ring (bicyclic) bond motifs is 1. The van der Waals surface area contributed by atoms with Gasteiger partial charge < -0.3 is 14.5 Å². The Labute approximate surface area is 212 Å². The van der Waals surface area contributed by atoms with Crippen LogP contribution in [0, 0.1) is 11.6 Å². The Bertz CT molecular complexity index is 1450. The lowest BCUT2D eigenvalue weighted by atomic mass is 10.2. The minimum Gasteiger partial charge on any atom is -0.444 e. The van der Waals surface area contributed by atoms with Crippen LogP contribution in [0.25, 0.3) is 28.2 Å². The third kappa shape index (κ3) is 4.93. The average molecular weight is 508 g/mol. The van der Waals surface area contributed by atoms with Gasteiger partial charge in [-0.15, -0.1) is 0 Å². The topological polar surface area (TPSA) is 89.3 Å². The van der Waals surface area contributed by atoms with Crippen LogP contribution >= 0.6 is 0 Å². The molecule has 5 rings (SSSR count). The van der Waals surface area contributed by atoms with Crippen molar-refractivity contribution in [1.29, 1.82) is 0 Å². The molecule has 1 saturated heterocycles. The highest BCUT2D eigenvalue weighted by Crippen LogP contribution is 2.31. The molecule has 1 aliphatic heterocycles. The Hall–Kier alpha value is -4.15. The van der Waals surface area contributed by atoms with Gasteiger partial charge in [0.05, 0.1) is 23.6 Å². The zero-order chi connectivity index (χ0) is 26.3. The standard InChI is InChI=1S/C26H27F2N7O2/c1-16-15-33(25(36)37-26(2,3)4)11-12-34(16)22-8-7-21-24(32-22)35(18-9-10-29-30-14-18)23(31-21)19-6-5-17(27)13-20(19)28/h5-10,13-14,16H,11-12,15H2,1-4H3/t16-/m1/s1. The normalized spacial score (nSPS) is 16.3. The molecule has 11 heteroatoms. The zero-order valence-corrected chi connectivity index (χ0v) is 21.0. The number of halogens is 2. The van der Waals surface area contributed by atoms with E-state index >= 15 is 0 Å². The summed E-state index contributed by atoms with van der Waals surface area (Å²) in [5.74, 6) is -0.439. The van der Waals surface area contributed by atoms with E-state index in [1.165, 1.54) is 24.5 Å². The number of piperazine rings is 1. The summed E-state index contributed by atoms with van der Waals surface area (Å²) < 4.78 is 35.6. The summed E-state index contributed by atoms with van der Waals surface area (Å²) in [5, 5.41) is 7.79. The number of imidazole rings is 1. The Kier molecular flexibility index (Phi) is 6.22. The van der Waals surface area contributed by atoms with Gasteiger partial charge in [0, 0.05) is 31.7 Å². The van der Waals surface area contributed by atoms with E-state index in [2.05, 4.69) is 20.1 Å². The van der Waals surface area contributed by atoms with Gasteiger partial charge in [-0.2, -0.15) is 10.2 Å². The summed E-state index contributed by atoms with van der Waals surface area (Å²) in [6.45, 7) is 9.08. The summed E-state index contributed by atoms with van der Waals surface area (Å²) in [6, 6.07) is 8.74. The number of pyridine rings is 1. The van der Waals surface area contributed by atoms with E-state index in [0.29, 0.717) is 42.3 Å². The van der Waals surface area contributed by atoms with E-state index in [9.17, 15) is 13.6 Å². The van der Waals surface area contributed by atoms with Crippen molar-refractivity contribution >= 4 is 23.1 Å². The molecule has 192 valence electrons. The molecule has 3 aromatic heterocycles. The van der Waals surface area contributed by atoms with Crippen molar-refractivity contribution in [3.05, 3.63) is 60.4 Å². The number of hydrogen-bond acceptors (Lipinski definition) is 7. The van der Waals surface area contributed by atoms with E-state index in [0.717, 1.165) is 6.07 Å². The third-order valence-corrected chi connectivity index (χ3v) is 6.06. The van der Waals surface area contributed by atoms with Crippen LogP contribution in [0.15, 0.2) is 48.8 Å². The molecule has 4 heterocycles. The molecule has 1 aliphatic rings. The predicted molar refractivity (Wildman–Crippen MR) is 134 cm³/mol. The summed E-state index contributed by atoms with van der Waals surface area (Å²) >= 11 is 0.